The maximum Gasteiger partial charge on any atom is 0.251 e. The van der Waals surface area contributed by atoms with Gasteiger partial charge in [0.1, 0.15) is 0 Å². The van der Waals surface area contributed by atoms with Gasteiger partial charge in [0.2, 0.25) is 0 Å². The van der Waals surface area contributed by atoms with Crippen molar-refractivity contribution in [3.63, 3.8) is 0 Å². The fourth-order valence-corrected chi connectivity index (χ4v) is 3.07. The molecular weight excluding hydrogens is 234 g/mol. The summed E-state index contributed by atoms with van der Waals surface area (Å²) in [5.74, 6) is 0.454. The van der Waals surface area contributed by atoms with Crippen LogP contribution in [0.2, 0.25) is 0 Å². The van der Waals surface area contributed by atoms with E-state index in [1.165, 1.54) is 11.1 Å². The average molecular weight is 253 g/mol. The maximum absolute atomic E-state index is 12.3. The van der Waals surface area contributed by atoms with Crippen molar-refractivity contribution in [2.45, 2.75) is 32.2 Å². The standard InChI is InChI=1S/C17H19NO/c1-3-13-9-15-11-17(10-13,12(15)2)18-16(19)14-7-5-4-6-8-14/h4-10,12H,3,11H2,1-2H3,(H,18,19). The number of carbonyl (C=O) groups is 1. The first-order chi connectivity index (χ1) is 9.14. The predicted octanol–water partition coefficient (Wildman–Crippen LogP) is 3.47. The minimum absolute atomic E-state index is 0.0279. The average Bonchev–Trinajstić information content (AvgIpc) is 2.47. The molecule has 2 unspecified atom stereocenters. The van der Waals surface area contributed by atoms with E-state index in [-0.39, 0.29) is 11.4 Å². The van der Waals surface area contributed by atoms with Crippen LogP contribution in [0.3, 0.4) is 0 Å². The van der Waals surface area contributed by atoms with Crippen molar-refractivity contribution >= 4 is 5.91 Å². The molecule has 3 aliphatic rings. The highest BCUT2D eigenvalue weighted by Crippen LogP contribution is 2.49. The summed E-state index contributed by atoms with van der Waals surface area (Å²) in [7, 11) is 0. The number of fused-ring (bicyclic) bond motifs is 1. The first-order valence-electron chi connectivity index (χ1n) is 6.94. The molecule has 1 aromatic carbocycles. The van der Waals surface area contributed by atoms with Gasteiger partial charge in [-0.05, 0) is 30.5 Å². The minimum Gasteiger partial charge on any atom is -0.342 e. The third kappa shape index (κ3) is 1.92. The molecule has 1 fully saturated rings. The van der Waals surface area contributed by atoms with Gasteiger partial charge in [-0.25, -0.2) is 0 Å². The lowest BCUT2D eigenvalue weighted by Crippen LogP contribution is -2.60. The molecular formula is C17H19NO. The van der Waals surface area contributed by atoms with E-state index in [0.29, 0.717) is 5.92 Å². The number of benzene rings is 1. The molecule has 2 heteroatoms. The predicted molar refractivity (Wildman–Crippen MR) is 76.9 cm³/mol. The molecule has 98 valence electrons. The largest absolute Gasteiger partial charge is 0.342 e. The number of nitrogens with one attached hydrogen (secondary N) is 1. The lowest BCUT2D eigenvalue weighted by atomic mass is 9.59. The summed E-state index contributed by atoms with van der Waals surface area (Å²) in [4.78, 5) is 12.3. The van der Waals surface area contributed by atoms with Crippen LogP contribution in [0.25, 0.3) is 0 Å². The molecule has 1 aromatic rings. The zero-order chi connectivity index (χ0) is 13.5. The van der Waals surface area contributed by atoms with Crippen molar-refractivity contribution in [3.05, 3.63) is 59.2 Å². The van der Waals surface area contributed by atoms with Gasteiger partial charge in [-0.3, -0.25) is 4.79 Å². The molecule has 2 atom stereocenters. The van der Waals surface area contributed by atoms with Gasteiger partial charge in [0.15, 0.2) is 0 Å². The van der Waals surface area contributed by atoms with Gasteiger partial charge in [0, 0.05) is 11.5 Å². The van der Waals surface area contributed by atoms with Crippen LogP contribution in [0, 0.1) is 5.92 Å². The number of hydrogen-bond donors (Lipinski definition) is 1. The van der Waals surface area contributed by atoms with E-state index in [0.717, 1.165) is 18.4 Å². The second-order valence-electron chi connectivity index (χ2n) is 5.55. The number of carbonyl (C=O) groups excluding carboxylic acids is 1. The van der Waals surface area contributed by atoms with Gasteiger partial charge in [0.25, 0.3) is 5.91 Å². The molecule has 0 radical (unpaired) electrons. The summed E-state index contributed by atoms with van der Waals surface area (Å²) in [6, 6.07) is 9.45. The summed E-state index contributed by atoms with van der Waals surface area (Å²) in [6.07, 6.45) is 6.54. The SMILES string of the molecule is CCC1=CC2(NC(=O)c3ccccc3)CC(=C1)C2C. The van der Waals surface area contributed by atoms with E-state index in [1.54, 1.807) is 0 Å². The van der Waals surface area contributed by atoms with E-state index < -0.39 is 0 Å². The molecule has 0 spiro atoms. The van der Waals surface area contributed by atoms with E-state index in [4.69, 9.17) is 0 Å². The van der Waals surface area contributed by atoms with Crippen LogP contribution in [-0.2, 0) is 0 Å². The zero-order valence-electron chi connectivity index (χ0n) is 11.4. The minimum atomic E-state index is -0.150. The summed E-state index contributed by atoms with van der Waals surface area (Å²) < 4.78 is 0. The Labute approximate surface area is 114 Å². The lowest BCUT2D eigenvalue weighted by molar-refractivity contribution is 0.0862. The monoisotopic (exact) mass is 253 g/mol. The second-order valence-corrected chi connectivity index (χ2v) is 5.55. The third-order valence-corrected chi connectivity index (χ3v) is 4.43. The Hall–Kier alpha value is -1.83. The molecule has 2 nitrogen and oxygen atoms in total. The van der Waals surface area contributed by atoms with Crippen LogP contribution in [0.4, 0.5) is 0 Å². The van der Waals surface area contributed by atoms with E-state index >= 15 is 0 Å². The molecule has 2 bridgehead atoms. The molecule has 3 aliphatic carbocycles. The number of hydrogen-bond acceptors (Lipinski definition) is 1. The van der Waals surface area contributed by atoms with Gasteiger partial charge < -0.3 is 5.32 Å². The van der Waals surface area contributed by atoms with Crippen molar-refractivity contribution in [2.75, 3.05) is 0 Å². The van der Waals surface area contributed by atoms with Crippen molar-refractivity contribution in [1.29, 1.82) is 0 Å². The highest BCUT2D eigenvalue weighted by Gasteiger charge is 2.49. The molecule has 0 saturated heterocycles. The molecule has 0 aliphatic heterocycles. The maximum atomic E-state index is 12.3. The fraction of sp³-hybridized carbons (Fsp3) is 0.353. The highest BCUT2D eigenvalue weighted by atomic mass is 16.1. The van der Waals surface area contributed by atoms with Gasteiger partial charge in [-0.15, -0.1) is 0 Å². The third-order valence-electron chi connectivity index (χ3n) is 4.43. The van der Waals surface area contributed by atoms with Gasteiger partial charge in [0.05, 0.1) is 5.54 Å². The van der Waals surface area contributed by atoms with Crippen molar-refractivity contribution in [3.8, 4) is 0 Å². The van der Waals surface area contributed by atoms with Crippen molar-refractivity contribution < 1.29 is 4.79 Å². The van der Waals surface area contributed by atoms with Crippen LogP contribution in [0.5, 0.6) is 0 Å². The zero-order valence-corrected chi connectivity index (χ0v) is 11.4. The molecule has 19 heavy (non-hydrogen) atoms. The first kappa shape index (κ1) is 12.2. The van der Waals surface area contributed by atoms with Crippen LogP contribution in [-0.4, -0.2) is 11.4 Å². The van der Waals surface area contributed by atoms with Crippen LogP contribution in [0.15, 0.2) is 53.6 Å². The molecule has 0 aromatic heterocycles. The van der Waals surface area contributed by atoms with Crippen molar-refractivity contribution in [1.82, 2.24) is 5.32 Å². The van der Waals surface area contributed by atoms with Crippen molar-refractivity contribution in [2.24, 2.45) is 5.92 Å². The Bertz CT molecular complexity index is 570. The van der Waals surface area contributed by atoms with Crippen LogP contribution in [0.1, 0.15) is 37.0 Å². The number of rotatable bonds is 3. The van der Waals surface area contributed by atoms with E-state index in [1.807, 2.05) is 30.3 Å². The summed E-state index contributed by atoms with van der Waals surface area (Å²) in [6.45, 7) is 4.36. The second kappa shape index (κ2) is 4.37. The molecule has 4 rings (SSSR count). The Balaban J connectivity index is 1.82. The van der Waals surface area contributed by atoms with Crippen LogP contribution >= 0.6 is 0 Å². The summed E-state index contributed by atoms with van der Waals surface area (Å²) in [5.41, 5.74) is 3.39. The Morgan fingerprint density at radius 3 is 2.74 bits per heavy atom. The lowest BCUT2D eigenvalue weighted by Gasteiger charge is -2.52. The van der Waals surface area contributed by atoms with E-state index in [9.17, 15) is 4.79 Å². The van der Waals surface area contributed by atoms with E-state index in [2.05, 4.69) is 31.3 Å². The quantitative estimate of drug-likeness (QED) is 0.878. The fourth-order valence-electron chi connectivity index (χ4n) is 3.07. The summed E-state index contributed by atoms with van der Waals surface area (Å²) in [5, 5.41) is 3.24. The number of amides is 1. The van der Waals surface area contributed by atoms with Gasteiger partial charge in [-0.2, -0.15) is 0 Å². The Morgan fingerprint density at radius 1 is 1.37 bits per heavy atom. The topological polar surface area (TPSA) is 29.1 Å². The smallest absolute Gasteiger partial charge is 0.251 e. The molecule has 0 heterocycles. The van der Waals surface area contributed by atoms with Gasteiger partial charge >= 0.3 is 0 Å². The Kier molecular flexibility index (Phi) is 2.81. The number of allylic oxidation sites excluding steroid dienone is 2. The van der Waals surface area contributed by atoms with Gasteiger partial charge in [-0.1, -0.05) is 49.8 Å². The molecule has 1 amide bonds. The first-order valence-corrected chi connectivity index (χ1v) is 6.94. The molecule has 1 saturated carbocycles. The normalized spacial score (nSPS) is 28.0. The molecule has 1 N–H and O–H groups in total. The summed E-state index contributed by atoms with van der Waals surface area (Å²) >= 11 is 0. The van der Waals surface area contributed by atoms with Crippen LogP contribution < -0.4 is 5.32 Å². The Morgan fingerprint density at radius 2 is 2.11 bits per heavy atom. The highest BCUT2D eigenvalue weighted by molar-refractivity contribution is 5.95.